The van der Waals surface area contributed by atoms with E-state index in [-0.39, 0.29) is 0 Å². The first kappa shape index (κ1) is 12.6. The van der Waals surface area contributed by atoms with Crippen LogP contribution in [0, 0.1) is 0 Å². The van der Waals surface area contributed by atoms with Gasteiger partial charge in [0, 0.05) is 17.6 Å². The van der Waals surface area contributed by atoms with Crippen molar-refractivity contribution in [3.05, 3.63) is 40.3 Å². The lowest BCUT2D eigenvalue weighted by Crippen LogP contribution is -2.20. The molecular weight excluding hydrogens is 277 g/mol. The molecule has 0 amide bonds. The maximum Gasteiger partial charge on any atom is 0.138 e. The molecule has 1 rings (SSSR count). The van der Waals surface area contributed by atoms with Gasteiger partial charge in [-0.2, -0.15) is 0 Å². The van der Waals surface area contributed by atoms with Gasteiger partial charge in [-0.25, -0.2) is 0 Å². The SMILES string of the molecule is C=CCNCCOc1ccc(Br)cc1Cl. The van der Waals surface area contributed by atoms with E-state index in [0.717, 1.165) is 17.6 Å². The zero-order valence-corrected chi connectivity index (χ0v) is 10.6. The van der Waals surface area contributed by atoms with Crippen molar-refractivity contribution < 1.29 is 4.74 Å². The smallest absolute Gasteiger partial charge is 0.138 e. The molecule has 4 heteroatoms. The molecule has 82 valence electrons. The van der Waals surface area contributed by atoms with Crippen molar-refractivity contribution in [1.29, 1.82) is 0 Å². The van der Waals surface area contributed by atoms with E-state index < -0.39 is 0 Å². The molecule has 0 atom stereocenters. The molecule has 0 aromatic heterocycles. The van der Waals surface area contributed by atoms with Crippen LogP contribution in [0.25, 0.3) is 0 Å². The van der Waals surface area contributed by atoms with Gasteiger partial charge in [-0.1, -0.05) is 33.6 Å². The van der Waals surface area contributed by atoms with E-state index in [0.29, 0.717) is 17.4 Å². The number of nitrogens with one attached hydrogen (secondary N) is 1. The number of ether oxygens (including phenoxy) is 1. The number of benzene rings is 1. The molecule has 0 heterocycles. The normalized spacial score (nSPS) is 10.0. The molecule has 2 nitrogen and oxygen atoms in total. The molecule has 1 N–H and O–H groups in total. The van der Waals surface area contributed by atoms with Gasteiger partial charge in [-0.05, 0) is 18.2 Å². The minimum absolute atomic E-state index is 0.592. The van der Waals surface area contributed by atoms with E-state index in [1.54, 1.807) is 0 Å². The van der Waals surface area contributed by atoms with Crippen molar-refractivity contribution in [2.45, 2.75) is 0 Å². The molecule has 0 radical (unpaired) electrons. The molecule has 0 fully saturated rings. The summed E-state index contributed by atoms with van der Waals surface area (Å²) in [7, 11) is 0. The summed E-state index contributed by atoms with van der Waals surface area (Å²) in [5.74, 6) is 0.709. The first-order valence-electron chi connectivity index (χ1n) is 4.63. The maximum absolute atomic E-state index is 5.98. The highest BCUT2D eigenvalue weighted by Crippen LogP contribution is 2.27. The van der Waals surface area contributed by atoms with Crippen LogP contribution in [-0.2, 0) is 0 Å². The number of hydrogen-bond acceptors (Lipinski definition) is 2. The van der Waals surface area contributed by atoms with E-state index in [9.17, 15) is 0 Å². The van der Waals surface area contributed by atoms with Gasteiger partial charge in [0.15, 0.2) is 0 Å². The molecule has 1 aromatic rings. The molecule has 0 aliphatic heterocycles. The Kier molecular flexibility index (Phi) is 5.76. The molecule has 0 saturated carbocycles. The first-order valence-corrected chi connectivity index (χ1v) is 5.80. The highest BCUT2D eigenvalue weighted by atomic mass is 79.9. The van der Waals surface area contributed by atoms with Crippen LogP contribution in [0.2, 0.25) is 5.02 Å². The van der Waals surface area contributed by atoms with Gasteiger partial charge in [-0.3, -0.25) is 0 Å². The predicted octanol–water partition coefficient (Wildman–Crippen LogP) is 3.26. The fourth-order valence-corrected chi connectivity index (χ4v) is 1.76. The molecule has 1 aromatic carbocycles. The van der Waals surface area contributed by atoms with E-state index in [1.807, 2.05) is 24.3 Å². The lowest BCUT2D eigenvalue weighted by atomic mass is 10.3. The van der Waals surface area contributed by atoms with Gasteiger partial charge in [0.05, 0.1) is 5.02 Å². The van der Waals surface area contributed by atoms with Crippen molar-refractivity contribution in [2.75, 3.05) is 19.7 Å². The Morgan fingerprint density at radius 2 is 2.33 bits per heavy atom. The third-order valence-electron chi connectivity index (χ3n) is 1.72. The summed E-state index contributed by atoms with van der Waals surface area (Å²) < 4.78 is 6.44. The van der Waals surface area contributed by atoms with Crippen LogP contribution in [0.15, 0.2) is 35.3 Å². The highest BCUT2D eigenvalue weighted by Gasteiger charge is 2.00. The van der Waals surface area contributed by atoms with E-state index >= 15 is 0 Å². The van der Waals surface area contributed by atoms with Crippen LogP contribution in [0.4, 0.5) is 0 Å². The monoisotopic (exact) mass is 289 g/mol. The van der Waals surface area contributed by atoms with Crippen LogP contribution in [0.3, 0.4) is 0 Å². The second-order valence-electron chi connectivity index (χ2n) is 2.92. The lowest BCUT2D eigenvalue weighted by Gasteiger charge is -2.08. The van der Waals surface area contributed by atoms with Crippen molar-refractivity contribution in [3.8, 4) is 5.75 Å². The summed E-state index contributed by atoms with van der Waals surface area (Å²) >= 11 is 9.31. The summed E-state index contributed by atoms with van der Waals surface area (Å²) in [6.07, 6.45) is 1.81. The summed E-state index contributed by atoms with van der Waals surface area (Å²) in [6.45, 7) is 5.77. The largest absolute Gasteiger partial charge is 0.491 e. The van der Waals surface area contributed by atoms with Gasteiger partial charge in [0.1, 0.15) is 12.4 Å². The van der Waals surface area contributed by atoms with Crippen LogP contribution in [0.1, 0.15) is 0 Å². The van der Waals surface area contributed by atoms with E-state index in [4.69, 9.17) is 16.3 Å². The molecule has 0 aliphatic carbocycles. The third kappa shape index (κ3) is 4.69. The zero-order chi connectivity index (χ0) is 11.1. The Morgan fingerprint density at radius 3 is 3.00 bits per heavy atom. The molecule has 0 bridgehead atoms. The summed E-state index contributed by atoms with van der Waals surface area (Å²) in [5.41, 5.74) is 0. The average molecular weight is 291 g/mol. The van der Waals surface area contributed by atoms with Crippen molar-refractivity contribution in [2.24, 2.45) is 0 Å². The van der Waals surface area contributed by atoms with Crippen molar-refractivity contribution >= 4 is 27.5 Å². The maximum atomic E-state index is 5.98. The topological polar surface area (TPSA) is 21.3 Å². The second-order valence-corrected chi connectivity index (χ2v) is 4.24. The molecule has 0 unspecified atom stereocenters. The van der Waals surface area contributed by atoms with Crippen molar-refractivity contribution in [1.82, 2.24) is 5.32 Å². The minimum Gasteiger partial charge on any atom is -0.491 e. The third-order valence-corrected chi connectivity index (χ3v) is 2.51. The number of hydrogen-bond donors (Lipinski definition) is 1. The van der Waals surface area contributed by atoms with Gasteiger partial charge in [-0.15, -0.1) is 6.58 Å². The standard InChI is InChI=1S/C11H13BrClNO/c1-2-5-14-6-7-15-11-4-3-9(12)8-10(11)13/h2-4,8,14H,1,5-7H2. The lowest BCUT2D eigenvalue weighted by molar-refractivity contribution is 0.316. The fraction of sp³-hybridized carbons (Fsp3) is 0.273. The van der Waals surface area contributed by atoms with Crippen LogP contribution in [0.5, 0.6) is 5.75 Å². The van der Waals surface area contributed by atoms with Crippen molar-refractivity contribution in [3.63, 3.8) is 0 Å². The molecule has 0 spiro atoms. The summed E-state index contributed by atoms with van der Waals surface area (Å²) in [5, 5.41) is 3.76. The van der Waals surface area contributed by atoms with E-state index in [1.165, 1.54) is 0 Å². The molecular formula is C11H13BrClNO. The number of rotatable bonds is 6. The van der Waals surface area contributed by atoms with Gasteiger partial charge in [0.2, 0.25) is 0 Å². The quantitative estimate of drug-likeness (QED) is 0.641. The predicted molar refractivity (Wildman–Crippen MR) is 67.7 cm³/mol. The van der Waals surface area contributed by atoms with Gasteiger partial charge >= 0.3 is 0 Å². The Morgan fingerprint density at radius 1 is 1.53 bits per heavy atom. The highest BCUT2D eigenvalue weighted by molar-refractivity contribution is 9.10. The molecule has 15 heavy (non-hydrogen) atoms. The molecule has 0 saturated heterocycles. The van der Waals surface area contributed by atoms with Crippen LogP contribution >= 0.6 is 27.5 Å². The van der Waals surface area contributed by atoms with Crippen LogP contribution < -0.4 is 10.1 Å². The summed E-state index contributed by atoms with van der Waals surface area (Å²) in [4.78, 5) is 0. The minimum atomic E-state index is 0.592. The van der Waals surface area contributed by atoms with Crippen LogP contribution in [-0.4, -0.2) is 19.7 Å². The van der Waals surface area contributed by atoms with E-state index in [2.05, 4.69) is 27.8 Å². The zero-order valence-electron chi connectivity index (χ0n) is 8.30. The fourth-order valence-electron chi connectivity index (χ4n) is 1.03. The Bertz CT molecular complexity index is 330. The Hall–Kier alpha value is -0.510. The molecule has 0 aliphatic rings. The average Bonchev–Trinajstić information content (AvgIpc) is 2.20. The summed E-state index contributed by atoms with van der Waals surface area (Å²) in [6, 6.07) is 5.56. The Balaban J connectivity index is 2.34. The van der Waals surface area contributed by atoms with Gasteiger partial charge in [0.25, 0.3) is 0 Å². The first-order chi connectivity index (χ1) is 7.24. The second kappa shape index (κ2) is 6.88. The Labute approximate surface area is 103 Å². The number of halogens is 2. The van der Waals surface area contributed by atoms with Gasteiger partial charge < -0.3 is 10.1 Å².